The van der Waals surface area contributed by atoms with Crippen molar-refractivity contribution in [1.82, 2.24) is 14.9 Å². The number of pyridine rings is 1. The molecule has 1 aliphatic rings. The van der Waals surface area contributed by atoms with Crippen LogP contribution in [0.3, 0.4) is 0 Å². The smallest absolute Gasteiger partial charge is 0.226 e. The van der Waals surface area contributed by atoms with Gasteiger partial charge in [0, 0.05) is 29.2 Å². The molecule has 0 bridgehead atoms. The molecule has 1 amide bonds. The van der Waals surface area contributed by atoms with Gasteiger partial charge in [-0.05, 0) is 80.2 Å². The second-order valence-corrected chi connectivity index (χ2v) is 10.7. The number of para-hydroxylation sites is 2. The molecule has 0 unspecified atom stereocenters. The number of carbonyl (C=O) groups excluding carboxylic acids is 1. The van der Waals surface area contributed by atoms with Gasteiger partial charge in [-0.15, -0.1) is 0 Å². The van der Waals surface area contributed by atoms with Crippen LogP contribution in [0.4, 0.5) is 11.4 Å². The maximum atomic E-state index is 12.3. The van der Waals surface area contributed by atoms with Crippen LogP contribution in [0.15, 0.2) is 72.9 Å². The summed E-state index contributed by atoms with van der Waals surface area (Å²) in [5, 5.41) is 17.9. The van der Waals surface area contributed by atoms with E-state index in [2.05, 4.69) is 26.3 Å². The van der Waals surface area contributed by atoms with E-state index in [1.165, 1.54) is 0 Å². The Bertz CT molecular complexity index is 1550. The Morgan fingerprint density at radius 3 is 2.51 bits per heavy atom. The molecule has 5 rings (SSSR count). The van der Waals surface area contributed by atoms with Gasteiger partial charge in [0.2, 0.25) is 5.91 Å². The van der Waals surface area contributed by atoms with Gasteiger partial charge >= 0.3 is 0 Å². The van der Waals surface area contributed by atoms with Gasteiger partial charge in [0.05, 0.1) is 34.2 Å². The van der Waals surface area contributed by atoms with Crippen LogP contribution in [0.5, 0.6) is 5.75 Å². The molecule has 1 aliphatic heterocycles. The minimum atomic E-state index is -0.259. The fourth-order valence-electron chi connectivity index (χ4n) is 5.09. The zero-order valence-electron chi connectivity index (χ0n) is 22.1. The number of nitrogens with one attached hydrogen (secondary N) is 2. The molecule has 1 fully saturated rings. The average molecular weight is 560 g/mol. The summed E-state index contributed by atoms with van der Waals surface area (Å²) < 4.78 is 2.05. The lowest BCUT2D eigenvalue weighted by Gasteiger charge is -2.28. The predicted octanol–water partition coefficient (Wildman–Crippen LogP) is 6.62. The molecule has 2 atom stereocenters. The molecule has 1 saturated heterocycles. The van der Waals surface area contributed by atoms with E-state index < -0.39 is 0 Å². The largest absolute Gasteiger partial charge is 0.506 e. The number of phenols is 1. The highest BCUT2D eigenvalue weighted by Crippen LogP contribution is 2.45. The average Bonchev–Trinajstić information content (AvgIpc) is 3.41. The molecule has 2 aromatic carbocycles. The highest BCUT2D eigenvalue weighted by molar-refractivity contribution is 7.80. The number of aryl methyl sites for hydroxylation is 1. The second-order valence-electron chi connectivity index (χ2n) is 9.96. The number of rotatable bonds is 6. The van der Waals surface area contributed by atoms with Crippen LogP contribution in [-0.4, -0.2) is 25.7 Å². The van der Waals surface area contributed by atoms with Crippen LogP contribution in [0.25, 0.3) is 5.69 Å². The lowest BCUT2D eigenvalue weighted by molar-refractivity contribution is -0.118. The number of hydrogen-bond donors (Lipinski definition) is 3. The summed E-state index contributed by atoms with van der Waals surface area (Å²) in [7, 11) is 0. The molecule has 9 heteroatoms. The van der Waals surface area contributed by atoms with Crippen LogP contribution in [0, 0.1) is 19.8 Å². The van der Waals surface area contributed by atoms with E-state index in [-0.39, 0.29) is 29.7 Å². The summed E-state index contributed by atoms with van der Waals surface area (Å²) in [4.78, 5) is 19.0. The van der Waals surface area contributed by atoms with Crippen molar-refractivity contribution >= 4 is 46.2 Å². The molecule has 39 heavy (non-hydrogen) atoms. The normalized spacial score (nSPS) is 17.0. The van der Waals surface area contributed by atoms with E-state index >= 15 is 0 Å². The maximum absolute atomic E-state index is 12.3. The first-order valence-electron chi connectivity index (χ1n) is 12.8. The van der Waals surface area contributed by atoms with Crippen molar-refractivity contribution in [3.63, 3.8) is 0 Å². The molecular weight excluding hydrogens is 530 g/mol. The molecule has 0 spiro atoms. The highest BCUT2D eigenvalue weighted by Gasteiger charge is 2.42. The zero-order chi connectivity index (χ0) is 27.8. The van der Waals surface area contributed by atoms with Crippen molar-refractivity contribution in [2.45, 2.75) is 39.8 Å². The molecule has 0 aliphatic carbocycles. The zero-order valence-corrected chi connectivity index (χ0v) is 23.7. The van der Waals surface area contributed by atoms with Crippen molar-refractivity contribution in [3.05, 3.63) is 101 Å². The Kier molecular flexibility index (Phi) is 7.34. The number of amides is 1. The van der Waals surface area contributed by atoms with Gasteiger partial charge < -0.3 is 25.2 Å². The van der Waals surface area contributed by atoms with E-state index in [1.54, 1.807) is 18.3 Å². The minimum Gasteiger partial charge on any atom is -0.506 e. The van der Waals surface area contributed by atoms with Gasteiger partial charge in [-0.1, -0.05) is 43.6 Å². The summed E-state index contributed by atoms with van der Waals surface area (Å²) in [5.41, 5.74) is 5.89. The lowest BCUT2D eigenvalue weighted by atomic mass is 9.96. The molecule has 2 aromatic heterocycles. The van der Waals surface area contributed by atoms with Crippen molar-refractivity contribution in [2.75, 3.05) is 10.2 Å². The molecule has 4 aromatic rings. The minimum absolute atomic E-state index is 0.104. The summed E-state index contributed by atoms with van der Waals surface area (Å²) in [6.07, 6.45) is 1.77. The standard InChI is InChI=1S/C30H30ClN5O2S/c1-17(2)29(38)33-23-13-12-20(16-22(23)31)36-28(27(34-30(36)39)24-9-7-8-14-32-24)21-15-18(3)35(19(21)4)25-10-5-6-11-26(25)37/h5-17,27-28,37H,1-4H3,(H,33,38)(H,34,39)/t27-,28+/m1/s1. The van der Waals surface area contributed by atoms with Crippen molar-refractivity contribution in [2.24, 2.45) is 5.92 Å². The summed E-state index contributed by atoms with van der Waals surface area (Å²) in [6, 6.07) is 20.3. The Hall–Kier alpha value is -3.88. The number of aromatic hydroxyl groups is 1. The molecule has 0 radical (unpaired) electrons. The topological polar surface area (TPSA) is 82.4 Å². The first kappa shape index (κ1) is 26.7. The van der Waals surface area contributed by atoms with Crippen LogP contribution in [-0.2, 0) is 4.79 Å². The molecule has 200 valence electrons. The number of benzene rings is 2. The van der Waals surface area contributed by atoms with E-state index in [1.807, 2.05) is 81.1 Å². The Balaban J connectivity index is 1.63. The van der Waals surface area contributed by atoms with Crippen LogP contribution in [0.1, 0.15) is 48.6 Å². The summed E-state index contributed by atoms with van der Waals surface area (Å²) >= 11 is 12.5. The van der Waals surface area contributed by atoms with Crippen molar-refractivity contribution in [1.29, 1.82) is 0 Å². The van der Waals surface area contributed by atoms with Gasteiger partial charge in [-0.3, -0.25) is 9.78 Å². The summed E-state index contributed by atoms with van der Waals surface area (Å²) in [5.74, 6) is -0.0681. The van der Waals surface area contributed by atoms with Gasteiger partial charge in [0.1, 0.15) is 5.75 Å². The number of nitrogens with zero attached hydrogens (tertiary/aromatic N) is 3. The van der Waals surface area contributed by atoms with Gasteiger partial charge in [0.15, 0.2) is 5.11 Å². The van der Waals surface area contributed by atoms with E-state index in [4.69, 9.17) is 23.8 Å². The second kappa shape index (κ2) is 10.7. The third-order valence-electron chi connectivity index (χ3n) is 7.02. The molecule has 7 nitrogen and oxygen atoms in total. The van der Waals surface area contributed by atoms with E-state index in [9.17, 15) is 9.90 Å². The van der Waals surface area contributed by atoms with E-state index in [0.29, 0.717) is 21.5 Å². The highest BCUT2D eigenvalue weighted by atomic mass is 35.5. The SMILES string of the molecule is Cc1cc([C@H]2[C@@H](c3ccccn3)NC(=S)N2c2ccc(NC(=O)C(C)C)c(Cl)c2)c(C)n1-c1ccccc1O. The lowest BCUT2D eigenvalue weighted by Crippen LogP contribution is -2.29. The number of phenolic OH excluding ortho intramolecular Hbond substituents is 1. The van der Waals surface area contributed by atoms with Crippen molar-refractivity contribution < 1.29 is 9.90 Å². The van der Waals surface area contributed by atoms with Gasteiger partial charge in [0.25, 0.3) is 0 Å². The number of anilines is 2. The van der Waals surface area contributed by atoms with Crippen LogP contribution in [0.2, 0.25) is 5.02 Å². The first-order chi connectivity index (χ1) is 18.7. The third kappa shape index (κ3) is 4.97. The number of halogens is 1. The first-order valence-corrected chi connectivity index (χ1v) is 13.5. The van der Waals surface area contributed by atoms with Gasteiger partial charge in [-0.2, -0.15) is 0 Å². The number of aromatic nitrogens is 2. The Labute approximate surface area is 238 Å². The monoisotopic (exact) mass is 559 g/mol. The third-order valence-corrected chi connectivity index (χ3v) is 7.65. The quantitative estimate of drug-likeness (QED) is 0.230. The van der Waals surface area contributed by atoms with E-state index in [0.717, 1.165) is 28.3 Å². The van der Waals surface area contributed by atoms with Crippen molar-refractivity contribution in [3.8, 4) is 11.4 Å². The predicted molar refractivity (Wildman–Crippen MR) is 160 cm³/mol. The molecule has 3 heterocycles. The molecule has 0 saturated carbocycles. The number of carbonyl (C=O) groups is 1. The fourth-order valence-corrected chi connectivity index (χ4v) is 5.66. The van der Waals surface area contributed by atoms with Crippen LogP contribution < -0.4 is 15.5 Å². The number of thiocarbonyl (C=S) groups is 1. The fraction of sp³-hybridized carbons (Fsp3) is 0.233. The Morgan fingerprint density at radius 2 is 1.85 bits per heavy atom. The van der Waals surface area contributed by atoms with Gasteiger partial charge in [-0.25, -0.2) is 0 Å². The number of hydrogen-bond acceptors (Lipinski definition) is 4. The van der Waals surface area contributed by atoms with Crippen LogP contribution >= 0.6 is 23.8 Å². The molecular formula is C30H30ClN5O2S. The Morgan fingerprint density at radius 1 is 1.10 bits per heavy atom. The maximum Gasteiger partial charge on any atom is 0.226 e. The summed E-state index contributed by atoms with van der Waals surface area (Å²) in [6.45, 7) is 7.73. The molecule has 3 N–H and O–H groups in total.